The third-order valence-electron chi connectivity index (χ3n) is 6.06. The number of carbonyl (C=O) groups excluding carboxylic acids is 1. The van der Waals surface area contributed by atoms with E-state index >= 15 is 0 Å². The molecule has 2 aliphatic rings. The second-order valence-corrected chi connectivity index (χ2v) is 7.93. The fourth-order valence-corrected chi connectivity index (χ4v) is 4.33. The molecule has 150 valence electrons. The van der Waals surface area contributed by atoms with Crippen molar-refractivity contribution in [3.63, 3.8) is 0 Å². The molecule has 2 aromatic rings. The van der Waals surface area contributed by atoms with E-state index in [1.165, 1.54) is 16.3 Å². The zero-order valence-electron chi connectivity index (χ0n) is 16.6. The third-order valence-corrected chi connectivity index (χ3v) is 6.06. The number of rotatable bonds is 6. The quantitative estimate of drug-likeness (QED) is 0.835. The molecule has 0 aliphatic carbocycles. The minimum Gasteiger partial charge on any atom is -0.379 e. The molecule has 28 heavy (non-hydrogen) atoms. The molecule has 2 heterocycles. The molecule has 5 heteroatoms. The number of likely N-dealkylation sites (tertiary alicyclic amines) is 1. The molecule has 1 N–H and O–H groups in total. The molecule has 0 atom stereocenters. The van der Waals surface area contributed by atoms with Crippen LogP contribution in [-0.4, -0.2) is 68.2 Å². The largest absolute Gasteiger partial charge is 0.379 e. The van der Waals surface area contributed by atoms with E-state index in [4.69, 9.17) is 4.74 Å². The molecular weight excluding hydrogens is 350 g/mol. The number of amides is 1. The number of benzene rings is 2. The molecule has 0 spiro atoms. The smallest absolute Gasteiger partial charge is 0.223 e. The number of hydrogen-bond acceptors (Lipinski definition) is 4. The zero-order valence-corrected chi connectivity index (χ0v) is 16.6. The number of nitrogens with zero attached hydrogens (tertiary/aromatic N) is 2. The molecule has 4 rings (SSSR count). The van der Waals surface area contributed by atoms with Gasteiger partial charge in [0.05, 0.1) is 13.2 Å². The van der Waals surface area contributed by atoms with Crippen LogP contribution in [0, 0.1) is 5.92 Å². The number of piperidine rings is 1. The summed E-state index contributed by atoms with van der Waals surface area (Å²) < 4.78 is 5.36. The standard InChI is InChI=1S/C23H31N3O2/c27-23(24-10-13-25-14-16-28-17-15-25)20-8-11-26(12-9-20)18-21-6-3-5-19-4-1-2-7-22(19)21/h1-7,20H,8-18H2,(H,24,27). The van der Waals surface area contributed by atoms with E-state index in [2.05, 4.69) is 57.6 Å². The van der Waals surface area contributed by atoms with Crippen LogP contribution in [0.1, 0.15) is 18.4 Å². The average Bonchev–Trinajstić information content (AvgIpc) is 2.75. The second-order valence-electron chi connectivity index (χ2n) is 7.93. The van der Waals surface area contributed by atoms with Crippen molar-refractivity contribution in [1.29, 1.82) is 0 Å². The number of nitrogens with one attached hydrogen (secondary N) is 1. The topological polar surface area (TPSA) is 44.8 Å². The molecule has 1 amide bonds. The van der Waals surface area contributed by atoms with Crippen molar-refractivity contribution >= 4 is 16.7 Å². The highest BCUT2D eigenvalue weighted by Crippen LogP contribution is 2.23. The summed E-state index contributed by atoms with van der Waals surface area (Å²) in [4.78, 5) is 17.3. The first-order valence-corrected chi connectivity index (χ1v) is 10.6. The fourth-order valence-electron chi connectivity index (χ4n) is 4.33. The van der Waals surface area contributed by atoms with Crippen molar-refractivity contribution in [2.24, 2.45) is 5.92 Å². The number of carbonyl (C=O) groups is 1. The third kappa shape index (κ3) is 4.90. The summed E-state index contributed by atoms with van der Waals surface area (Å²) in [7, 11) is 0. The minimum absolute atomic E-state index is 0.161. The van der Waals surface area contributed by atoms with E-state index in [-0.39, 0.29) is 11.8 Å². The number of fused-ring (bicyclic) bond motifs is 1. The van der Waals surface area contributed by atoms with Crippen molar-refractivity contribution in [3.05, 3.63) is 48.0 Å². The summed E-state index contributed by atoms with van der Waals surface area (Å²) >= 11 is 0. The molecule has 2 aromatic carbocycles. The molecule has 2 fully saturated rings. The van der Waals surface area contributed by atoms with Gasteiger partial charge in [-0.25, -0.2) is 0 Å². The molecule has 0 saturated carbocycles. The van der Waals surface area contributed by atoms with Gasteiger partial charge in [-0.15, -0.1) is 0 Å². The SMILES string of the molecule is O=C(NCCN1CCOCC1)C1CCN(Cc2cccc3ccccc23)CC1. The van der Waals surface area contributed by atoms with Gasteiger partial charge in [-0.05, 0) is 42.3 Å². The summed E-state index contributed by atoms with van der Waals surface area (Å²) in [6.45, 7) is 8.18. The van der Waals surface area contributed by atoms with E-state index in [0.29, 0.717) is 0 Å². The van der Waals surface area contributed by atoms with E-state index in [1.807, 2.05) is 0 Å². The average molecular weight is 382 g/mol. The van der Waals surface area contributed by atoms with Crippen LogP contribution in [0.2, 0.25) is 0 Å². The van der Waals surface area contributed by atoms with Gasteiger partial charge in [-0.3, -0.25) is 14.6 Å². The van der Waals surface area contributed by atoms with Gasteiger partial charge in [0, 0.05) is 38.6 Å². The summed E-state index contributed by atoms with van der Waals surface area (Å²) in [5.74, 6) is 0.395. The van der Waals surface area contributed by atoms with Gasteiger partial charge in [0.2, 0.25) is 5.91 Å². The Morgan fingerprint density at radius 3 is 2.54 bits per heavy atom. The van der Waals surface area contributed by atoms with Crippen LogP contribution >= 0.6 is 0 Å². The van der Waals surface area contributed by atoms with Crippen LogP contribution in [0.5, 0.6) is 0 Å². The minimum atomic E-state index is 0.161. The van der Waals surface area contributed by atoms with Crippen LogP contribution in [0.3, 0.4) is 0 Å². The summed E-state index contributed by atoms with van der Waals surface area (Å²) in [5, 5.41) is 5.79. The van der Waals surface area contributed by atoms with Gasteiger partial charge < -0.3 is 10.1 Å². The molecule has 2 aliphatic heterocycles. The van der Waals surface area contributed by atoms with Crippen molar-refractivity contribution < 1.29 is 9.53 Å². The molecular formula is C23H31N3O2. The molecule has 0 unspecified atom stereocenters. The van der Waals surface area contributed by atoms with E-state index in [1.54, 1.807) is 0 Å². The Morgan fingerprint density at radius 2 is 1.71 bits per heavy atom. The maximum absolute atomic E-state index is 12.5. The zero-order chi connectivity index (χ0) is 19.2. The highest BCUT2D eigenvalue weighted by molar-refractivity contribution is 5.85. The van der Waals surface area contributed by atoms with Crippen molar-refractivity contribution in [3.8, 4) is 0 Å². The molecule has 0 radical (unpaired) electrons. The van der Waals surface area contributed by atoms with Gasteiger partial charge >= 0.3 is 0 Å². The maximum atomic E-state index is 12.5. The normalized spacial score (nSPS) is 19.7. The predicted molar refractivity (Wildman–Crippen MR) is 112 cm³/mol. The van der Waals surface area contributed by atoms with Gasteiger partial charge in [-0.1, -0.05) is 42.5 Å². The second kappa shape index (κ2) is 9.50. The lowest BCUT2D eigenvalue weighted by atomic mass is 9.95. The van der Waals surface area contributed by atoms with E-state index < -0.39 is 0 Å². The Morgan fingerprint density at radius 1 is 0.964 bits per heavy atom. The number of hydrogen-bond donors (Lipinski definition) is 1. The van der Waals surface area contributed by atoms with Crippen LogP contribution in [-0.2, 0) is 16.1 Å². The van der Waals surface area contributed by atoms with Crippen LogP contribution in [0.25, 0.3) is 10.8 Å². The number of morpholine rings is 1. The van der Waals surface area contributed by atoms with Crippen molar-refractivity contribution in [2.75, 3.05) is 52.5 Å². The maximum Gasteiger partial charge on any atom is 0.223 e. The Kier molecular flexibility index (Phi) is 6.57. The van der Waals surface area contributed by atoms with Crippen molar-refractivity contribution in [2.45, 2.75) is 19.4 Å². The van der Waals surface area contributed by atoms with Crippen molar-refractivity contribution in [1.82, 2.24) is 15.1 Å². The van der Waals surface area contributed by atoms with Gasteiger partial charge in [0.25, 0.3) is 0 Å². The van der Waals surface area contributed by atoms with Gasteiger partial charge in [0.1, 0.15) is 0 Å². The van der Waals surface area contributed by atoms with Gasteiger partial charge in [-0.2, -0.15) is 0 Å². The van der Waals surface area contributed by atoms with Crippen LogP contribution in [0.15, 0.2) is 42.5 Å². The Labute approximate surface area is 167 Å². The first-order chi connectivity index (χ1) is 13.8. The highest BCUT2D eigenvalue weighted by atomic mass is 16.5. The van der Waals surface area contributed by atoms with Gasteiger partial charge in [0.15, 0.2) is 0 Å². The summed E-state index contributed by atoms with van der Waals surface area (Å²) in [6.07, 6.45) is 1.91. The summed E-state index contributed by atoms with van der Waals surface area (Å²) in [5.41, 5.74) is 1.38. The Hall–Kier alpha value is -1.95. The number of ether oxygens (including phenoxy) is 1. The fraction of sp³-hybridized carbons (Fsp3) is 0.522. The Bertz CT molecular complexity index is 775. The molecule has 2 saturated heterocycles. The van der Waals surface area contributed by atoms with Crippen LogP contribution < -0.4 is 5.32 Å². The first kappa shape index (κ1) is 19.4. The lowest BCUT2D eigenvalue weighted by molar-refractivity contribution is -0.126. The Balaban J connectivity index is 1.22. The molecule has 0 aromatic heterocycles. The van der Waals surface area contributed by atoms with Crippen LogP contribution in [0.4, 0.5) is 0 Å². The lowest BCUT2D eigenvalue weighted by Crippen LogP contribution is -2.44. The van der Waals surface area contributed by atoms with E-state index in [0.717, 1.165) is 71.9 Å². The first-order valence-electron chi connectivity index (χ1n) is 10.6. The lowest BCUT2D eigenvalue weighted by Gasteiger charge is -2.32. The molecule has 0 bridgehead atoms. The monoisotopic (exact) mass is 381 g/mol. The molecule has 5 nitrogen and oxygen atoms in total. The summed E-state index contributed by atoms with van der Waals surface area (Å²) in [6, 6.07) is 15.1. The highest BCUT2D eigenvalue weighted by Gasteiger charge is 2.25. The predicted octanol–water partition coefficient (Wildman–Crippen LogP) is 2.50. The van der Waals surface area contributed by atoms with E-state index in [9.17, 15) is 4.79 Å².